The number of alkyl carbamates (subject to hydrolysis) is 1. The molecule has 1 aliphatic carbocycles. The fourth-order valence-corrected chi connectivity index (χ4v) is 3.56. The lowest BCUT2D eigenvalue weighted by Gasteiger charge is -2.14. The number of nitrogens with two attached hydrogens (primary N) is 1. The van der Waals surface area contributed by atoms with Crippen LogP contribution in [0.1, 0.15) is 22.7 Å². The van der Waals surface area contributed by atoms with Crippen LogP contribution in [-0.2, 0) is 4.74 Å². The van der Waals surface area contributed by atoms with Crippen LogP contribution in [0.2, 0.25) is 0 Å². The summed E-state index contributed by atoms with van der Waals surface area (Å²) >= 11 is 0. The van der Waals surface area contributed by atoms with Crippen molar-refractivity contribution in [3.8, 4) is 11.1 Å². The zero-order valence-electron chi connectivity index (χ0n) is 15.6. The van der Waals surface area contributed by atoms with Crippen molar-refractivity contribution in [2.24, 2.45) is 0 Å². The molecule has 0 radical (unpaired) electrons. The summed E-state index contributed by atoms with van der Waals surface area (Å²) in [5.74, 6) is -0.594. The number of fused-ring (bicyclic) bond motifs is 3. The highest BCUT2D eigenvalue weighted by molar-refractivity contribution is 5.79. The van der Waals surface area contributed by atoms with Gasteiger partial charge < -0.3 is 15.8 Å². The fraction of sp³-hybridized carbons (Fsp3) is 0.130. The Balaban J connectivity index is 1.34. The summed E-state index contributed by atoms with van der Waals surface area (Å²) in [4.78, 5) is 15.8. The normalized spacial score (nSPS) is 12.6. The standard InChI is InChI=1S/C23H20FN3O2/c24-22-12-11-20(25)21(27-22)10-5-13-26-23(28)29-14-19-17-8-3-1-6-15(17)16-7-2-4-9-18(16)19/h1-12,19H,13-14,25H2,(H,26,28). The van der Waals surface area contributed by atoms with Gasteiger partial charge in [0, 0.05) is 12.5 Å². The summed E-state index contributed by atoms with van der Waals surface area (Å²) in [6, 6.07) is 19.0. The van der Waals surface area contributed by atoms with Crippen molar-refractivity contribution in [1.29, 1.82) is 0 Å². The number of carbonyl (C=O) groups is 1. The Labute approximate surface area is 168 Å². The maximum absolute atomic E-state index is 13.2. The van der Waals surface area contributed by atoms with Crippen LogP contribution in [0.3, 0.4) is 0 Å². The van der Waals surface area contributed by atoms with E-state index in [2.05, 4.69) is 34.6 Å². The minimum atomic E-state index is -0.608. The van der Waals surface area contributed by atoms with Gasteiger partial charge in [0.25, 0.3) is 0 Å². The van der Waals surface area contributed by atoms with E-state index in [-0.39, 0.29) is 19.1 Å². The van der Waals surface area contributed by atoms with Crippen molar-refractivity contribution >= 4 is 17.9 Å². The number of hydrogen-bond donors (Lipinski definition) is 2. The highest BCUT2D eigenvalue weighted by atomic mass is 19.1. The van der Waals surface area contributed by atoms with E-state index in [1.54, 1.807) is 12.2 Å². The molecule has 0 saturated carbocycles. The van der Waals surface area contributed by atoms with Crippen molar-refractivity contribution in [2.45, 2.75) is 5.92 Å². The molecule has 0 saturated heterocycles. The largest absolute Gasteiger partial charge is 0.449 e. The lowest BCUT2D eigenvalue weighted by molar-refractivity contribution is 0.144. The molecule has 0 aliphatic heterocycles. The quantitative estimate of drug-likeness (QED) is 0.636. The minimum Gasteiger partial charge on any atom is -0.449 e. The van der Waals surface area contributed by atoms with E-state index in [1.165, 1.54) is 23.3 Å². The average molecular weight is 389 g/mol. The van der Waals surface area contributed by atoms with Gasteiger partial charge in [-0.1, -0.05) is 54.6 Å². The number of nitrogens with zero attached hydrogens (tertiary/aromatic N) is 1. The summed E-state index contributed by atoms with van der Waals surface area (Å²) < 4.78 is 18.6. The molecule has 1 aliphatic rings. The summed E-state index contributed by atoms with van der Waals surface area (Å²) in [6.07, 6.45) is 2.68. The maximum atomic E-state index is 13.2. The highest BCUT2D eigenvalue weighted by Gasteiger charge is 2.28. The van der Waals surface area contributed by atoms with Gasteiger partial charge in [0.15, 0.2) is 0 Å². The lowest BCUT2D eigenvalue weighted by atomic mass is 9.98. The minimum absolute atomic E-state index is 0.0139. The van der Waals surface area contributed by atoms with Crippen molar-refractivity contribution in [2.75, 3.05) is 18.9 Å². The molecule has 3 N–H and O–H groups in total. The van der Waals surface area contributed by atoms with Crippen LogP contribution in [0.25, 0.3) is 17.2 Å². The topological polar surface area (TPSA) is 77.2 Å². The van der Waals surface area contributed by atoms with Crippen LogP contribution in [0.5, 0.6) is 0 Å². The lowest BCUT2D eigenvalue weighted by Crippen LogP contribution is -2.26. The number of ether oxygens (including phenoxy) is 1. The number of hydrogen-bond acceptors (Lipinski definition) is 4. The van der Waals surface area contributed by atoms with Gasteiger partial charge in [0.1, 0.15) is 6.61 Å². The Bertz CT molecular complexity index is 1040. The van der Waals surface area contributed by atoms with E-state index >= 15 is 0 Å². The van der Waals surface area contributed by atoms with Gasteiger partial charge >= 0.3 is 6.09 Å². The van der Waals surface area contributed by atoms with Crippen molar-refractivity contribution in [3.63, 3.8) is 0 Å². The van der Waals surface area contributed by atoms with Gasteiger partial charge in [0.2, 0.25) is 5.95 Å². The van der Waals surface area contributed by atoms with Crippen molar-refractivity contribution in [3.05, 3.63) is 89.5 Å². The van der Waals surface area contributed by atoms with Crippen LogP contribution in [-0.4, -0.2) is 24.2 Å². The van der Waals surface area contributed by atoms with Crippen LogP contribution < -0.4 is 11.1 Å². The number of aromatic nitrogens is 1. The molecule has 6 heteroatoms. The Morgan fingerprint density at radius 2 is 1.72 bits per heavy atom. The molecule has 3 aromatic rings. The number of pyridine rings is 1. The molecule has 0 spiro atoms. The van der Waals surface area contributed by atoms with Gasteiger partial charge in [-0.2, -0.15) is 4.39 Å². The number of nitrogen functional groups attached to an aromatic ring is 1. The van der Waals surface area contributed by atoms with E-state index < -0.39 is 12.0 Å². The van der Waals surface area contributed by atoms with E-state index in [4.69, 9.17) is 10.5 Å². The summed E-state index contributed by atoms with van der Waals surface area (Å²) in [5.41, 5.74) is 11.1. The van der Waals surface area contributed by atoms with Crippen LogP contribution >= 0.6 is 0 Å². The third kappa shape index (κ3) is 3.96. The summed E-state index contributed by atoms with van der Waals surface area (Å²) in [6.45, 7) is 0.469. The summed E-state index contributed by atoms with van der Waals surface area (Å²) in [7, 11) is 0. The second kappa shape index (κ2) is 8.14. The third-order valence-electron chi connectivity index (χ3n) is 4.91. The molecule has 0 bridgehead atoms. The molecule has 0 unspecified atom stereocenters. The highest BCUT2D eigenvalue weighted by Crippen LogP contribution is 2.44. The first-order valence-electron chi connectivity index (χ1n) is 9.31. The molecule has 1 amide bonds. The molecule has 2 aromatic carbocycles. The first kappa shape index (κ1) is 18.7. The van der Waals surface area contributed by atoms with Gasteiger partial charge in [-0.15, -0.1) is 0 Å². The fourth-order valence-electron chi connectivity index (χ4n) is 3.56. The molecular formula is C23H20FN3O2. The molecule has 1 heterocycles. The third-order valence-corrected chi connectivity index (χ3v) is 4.91. The van der Waals surface area contributed by atoms with Gasteiger partial charge in [-0.05, 0) is 40.5 Å². The van der Waals surface area contributed by atoms with Crippen molar-refractivity contribution < 1.29 is 13.9 Å². The predicted octanol–water partition coefficient (Wildman–Crippen LogP) is 4.35. The predicted molar refractivity (Wildman–Crippen MR) is 111 cm³/mol. The maximum Gasteiger partial charge on any atom is 0.407 e. The average Bonchev–Trinajstić information content (AvgIpc) is 3.06. The molecular weight excluding hydrogens is 369 g/mol. The van der Waals surface area contributed by atoms with E-state index in [0.717, 1.165) is 11.1 Å². The zero-order chi connectivity index (χ0) is 20.2. The number of halogens is 1. The van der Waals surface area contributed by atoms with E-state index in [0.29, 0.717) is 11.4 Å². The van der Waals surface area contributed by atoms with Gasteiger partial charge in [-0.3, -0.25) is 0 Å². The SMILES string of the molecule is Nc1ccc(F)nc1C=CCNC(=O)OCC1c2ccccc2-c2ccccc21. The molecule has 4 rings (SSSR count). The molecule has 29 heavy (non-hydrogen) atoms. The number of amides is 1. The van der Waals surface area contributed by atoms with Gasteiger partial charge in [-0.25, -0.2) is 9.78 Å². The number of nitrogens with one attached hydrogen (secondary N) is 1. The Hall–Kier alpha value is -3.67. The monoisotopic (exact) mass is 389 g/mol. The number of carbonyl (C=O) groups excluding carboxylic acids is 1. The molecule has 1 aromatic heterocycles. The first-order valence-corrected chi connectivity index (χ1v) is 9.31. The van der Waals surface area contributed by atoms with Crippen molar-refractivity contribution in [1.82, 2.24) is 10.3 Å². The second-order valence-electron chi connectivity index (χ2n) is 6.72. The number of benzene rings is 2. The van der Waals surface area contributed by atoms with Crippen LogP contribution in [0.4, 0.5) is 14.9 Å². The number of rotatable bonds is 5. The number of anilines is 1. The smallest absolute Gasteiger partial charge is 0.407 e. The molecule has 5 nitrogen and oxygen atoms in total. The zero-order valence-corrected chi connectivity index (χ0v) is 15.6. The molecule has 146 valence electrons. The van der Waals surface area contributed by atoms with Crippen LogP contribution in [0, 0.1) is 5.95 Å². The van der Waals surface area contributed by atoms with Gasteiger partial charge in [0.05, 0.1) is 11.4 Å². The van der Waals surface area contributed by atoms with Crippen LogP contribution in [0.15, 0.2) is 66.7 Å². The second-order valence-corrected chi connectivity index (χ2v) is 6.72. The van der Waals surface area contributed by atoms with E-state index in [9.17, 15) is 9.18 Å². The molecule has 0 fully saturated rings. The van der Waals surface area contributed by atoms with E-state index in [1.807, 2.05) is 24.3 Å². The Morgan fingerprint density at radius 3 is 2.41 bits per heavy atom. The first-order chi connectivity index (χ1) is 14.1. The Morgan fingerprint density at radius 1 is 1.07 bits per heavy atom. The molecule has 0 atom stereocenters. The summed E-state index contributed by atoms with van der Waals surface area (Å²) in [5, 5.41) is 2.65. The Kier molecular flexibility index (Phi) is 5.24.